The van der Waals surface area contributed by atoms with Crippen molar-refractivity contribution in [1.29, 1.82) is 0 Å². The van der Waals surface area contributed by atoms with Gasteiger partial charge in [-0.3, -0.25) is 0 Å². The van der Waals surface area contributed by atoms with Gasteiger partial charge in [-0.1, -0.05) is 30.1 Å². The van der Waals surface area contributed by atoms with Crippen LogP contribution in [0.15, 0.2) is 72.6 Å². The molecule has 0 fully saturated rings. The smallest absolute Gasteiger partial charge is 0.429 e. The average molecular weight is 610 g/mol. The van der Waals surface area contributed by atoms with Crippen LogP contribution in [0.3, 0.4) is 0 Å². The second-order valence-corrected chi connectivity index (χ2v) is 9.36. The van der Waals surface area contributed by atoms with E-state index >= 15 is 0 Å². The Morgan fingerprint density at radius 1 is 0.837 bits per heavy atom. The van der Waals surface area contributed by atoms with Gasteiger partial charge in [-0.05, 0) is 67.3 Å². The van der Waals surface area contributed by atoms with Gasteiger partial charge in [0.05, 0.1) is 16.7 Å². The lowest BCUT2D eigenvalue weighted by Crippen LogP contribution is -2.23. The van der Waals surface area contributed by atoms with Gasteiger partial charge < -0.3 is 4.74 Å². The molecule has 0 amide bonds. The predicted octanol–water partition coefficient (Wildman–Crippen LogP) is 9.35. The molecule has 1 aliphatic rings. The summed E-state index contributed by atoms with van der Waals surface area (Å²) in [5.74, 6) is -5.40. The monoisotopic (exact) mass is 610 g/mol. The van der Waals surface area contributed by atoms with E-state index in [1.54, 1.807) is 13.0 Å². The normalized spacial score (nSPS) is 16.9. The first kappa shape index (κ1) is 31.5. The third-order valence-corrected chi connectivity index (χ3v) is 6.28. The average Bonchev–Trinajstić information content (AvgIpc) is 2.90. The number of allylic oxidation sites excluding steroid dienone is 6. The fourth-order valence-electron chi connectivity index (χ4n) is 4.19. The van der Waals surface area contributed by atoms with Gasteiger partial charge >= 0.3 is 6.11 Å². The molecular formula is C32H20F10O. The van der Waals surface area contributed by atoms with Gasteiger partial charge in [0.25, 0.3) is 0 Å². The van der Waals surface area contributed by atoms with Crippen LogP contribution in [0.5, 0.6) is 5.75 Å². The Morgan fingerprint density at radius 2 is 1.49 bits per heavy atom. The van der Waals surface area contributed by atoms with E-state index in [0.29, 0.717) is 54.8 Å². The van der Waals surface area contributed by atoms with Crippen molar-refractivity contribution in [3.8, 4) is 17.6 Å². The molecule has 2 unspecified atom stereocenters. The fraction of sp³-hybridized carbons (Fsp3) is 0.188. The Labute approximate surface area is 239 Å². The molecule has 2 atom stereocenters. The second-order valence-electron chi connectivity index (χ2n) is 9.36. The number of ether oxygens (including phenoxy) is 1. The molecule has 1 aliphatic carbocycles. The number of aryl methyl sites for hydroxylation is 1. The summed E-state index contributed by atoms with van der Waals surface area (Å²) in [6, 6.07) is 4.96. The predicted molar refractivity (Wildman–Crippen MR) is 140 cm³/mol. The van der Waals surface area contributed by atoms with E-state index in [1.807, 2.05) is 12.0 Å². The number of hydrogen-bond acceptors (Lipinski definition) is 1. The minimum atomic E-state index is -4.31. The summed E-state index contributed by atoms with van der Waals surface area (Å²) >= 11 is 0. The Kier molecular flexibility index (Phi) is 9.38. The van der Waals surface area contributed by atoms with Gasteiger partial charge in [-0.25, -0.2) is 35.1 Å². The molecule has 0 N–H and O–H groups in total. The quantitative estimate of drug-likeness (QED) is 0.147. The number of benzene rings is 3. The van der Waals surface area contributed by atoms with Crippen molar-refractivity contribution >= 4 is 5.57 Å². The molecule has 3 aromatic rings. The van der Waals surface area contributed by atoms with E-state index in [9.17, 15) is 43.9 Å². The van der Waals surface area contributed by atoms with Gasteiger partial charge in [0.15, 0.2) is 12.3 Å². The van der Waals surface area contributed by atoms with Crippen LogP contribution < -0.4 is 4.74 Å². The molecule has 0 heterocycles. The van der Waals surface area contributed by atoms with E-state index in [0.717, 1.165) is 12.1 Å². The first-order valence-electron chi connectivity index (χ1n) is 12.6. The largest absolute Gasteiger partial charge is 0.429 e. The highest BCUT2D eigenvalue weighted by Gasteiger charge is 2.38. The molecule has 0 saturated heterocycles. The van der Waals surface area contributed by atoms with Gasteiger partial charge in [-0.15, -0.1) is 0 Å². The molecule has 3 aromatic carbocycles. The highest BCUT2D eigenvalue weighted by Crippen LogP contribution is 2.35. The van der Waals surface area contributed by atoms with Crippen LogP contribution in [0.25, 0.3) is 5.57 Å². The lowest BCUT2D eigenvalue weighted by Gasteiger charge is -2.19. The highest BCUT2D eigenvalue weighted by atomic mass is 19.3. The molecule has 0 spiro atoms. The van der Waals surface area contributed by atoms with Crippen molar-refractivity contribution in [3.63, 3.8) is 0 Å². The van der Waals surface area contributed by atoms with Crippen LogP contribution in [0.4, 0.5) is 43.9 Å². The zero-order chi connectivity index (χ0) is 31.5. The Morgan fingerprint density at radius 3 is 2.07 bits per heavy atom. The zero-order valence-electron chi connectivity index (χ0n) is 22.1. The van der Waals surface area contributed by atoms with Crippen molar-refractivity contribution in [2.75, 3.05) is 0 Å². The summed E-state index contributed by atoms with van der Waals surface area (Å²) < 4.78 is 147. The van der Waals surface area contributed by atoms with Crippen LogP contribution in [0.2, 0.25) is 0 Å². The maximum absolute atomic E-state index is 14.7. The zero-order valence-corrected chi connectivity index (χ0v) is 22.1. The number of rotatable bonds is 7. The summed E-state index contributed by atoms with van der Waals surface area (Å²) in [6.07, 6.45) is -3.92. The first-order valence-corrected chi connectivity index (χ1v) is 12.6. The third-order valence-electron chi connectivity index (χ3n) is 6.28. The Bertz CT molecular complexity index is 1650. The van der Waals surface area contributed by atoms with Gasteiger partial charge in [0.2, 0.25) is 0 Å². The van der Waals surface area contributed by atoms with Crippen molar-refractivity contribution < 1.29 is 48.6 Å². The number of halogens is 10. The molecule has 1 nitrogen and oxygen atoms in total. The van der Waals surface area contributed by atoms with E-state index in [2.05, 4.69) is 10.7 Å². The molecule has 4 rings (SSSR count). The molecule has 0 saturated carbocycles. The van der Waals surface area contributed by atoms with Crippen LogP contribution in [-0.4, -0.2) is 12.3 Å². The maximum atomic E-state index is 14.7. The molecule has 0 radical (unpaired) electrons. The molecule has 11 heteroatoms. The van der Waals surface area contributed by atoms with Crippen LogP contribution in [0.1, 0.15) is 41.2 Å². The van der Waals surface area contributed by atoms with Crippen LogP contribution >= 0.6 is 0 Å². The third kappa shape index (κ3) is 7.13. The van der Waals surface area contributed by atoms with Gasteiger partial charge in [0, 0.05) is 17.7 Å². The molecule has 0 aliphatic heterocycles. The summed E-state index contributed by atoms with van der Waals surface area (Å²) in [6.45, 7) is 1.79. The molecule has 0 aromatic heterocycles. The number of alkyl halides is 4. The molecular weight excluding hydrogens is 590 g/mol. The highest BCUT2D eigenvalue weighted by molar-refractivity contribution is 5.77. The van der Waals surface area contributed by atoms with E-state index in [-0.39, 0.29) is 0 Å². The Balaban J connectivity index is 1.55. The lowest BCUT2D eigenvalue weighted by molar-refractivity contribution is -0.187. The van der Waals surface area contributed by atoms with E-state index in [4.69, 9.17) is 0 Å². The molecule has 224 valence electrons. The topological polar surface area (TPSA) is 9.23 Å². The summed E-state index contributed by atoms with van der Waals surface area (Å²) in [4.78, 5) is 0. The minimum absolute atomic E-state index is 0.372. The number of hydrogen-bond donors (Lipinski definition) is 0. The lowest BCUT2D eigenvalue weighted by atomic mass is 9.95. The van der Waals surface area contributed by atoms with Crippen molar-refractivity contribution in [2.45, 2.75) is 38.2 Å². The second kappa shape index (κ2) is 12.8. The van der Waals surface area contributed by atoms with E-state index < -0.39 is 86.9 Å². The van der Waals surface area contributed by atoms with Crippen LogP contribution in [-0.2, 0) is 12.5 Å². The summed E-state index contributed by atoms with van der Waals surface area (Å²) in [5, 5.41) is 0. The standard InChI is InChI=1S/C32H20F10O/c1-2-3-4-5-17-7-9-22(25(35)10-17)32(41,42)43-20-15-23(33)21(24(34)16-20)8-6-18-11-26(36)30(27(37)12-18)19-13-28(38)31(40)29(39)14-19/h2-3,7,9-16,28,31H,4-5H2,1H3/b3-2+. The van der Waals surface area contributed by atoms with Crippen molar-refractivity contribution in [1.82, 2.24) is 0 Å². The minimum Gasteiger partial charge on any atom is -0.429 e. The molecule has 0 bridgehead atoms. The van der Waals surface area contributed by atoms with E-state index in [1.165, 1.54) is 6.07 Å². The maximum Gasteiger partial charge on any atom is 0.429 e. The van der Waals surface area contributed by atoms with Crippen molar-refractivity contribution in [3.05, 3.63) is 129 Å². The molecule has 43 heavy (non-hydrogen) atoms. The van der Waals surface area contributed by atoms with Gasteiger partial charge in [-0.2, -0.15) is 8.78 Å². The first-order chi connectivity index (χ1) is 20.3. The fourth-order valence-corrected chi connectivity index (χ4v) is 4.19. The van der Waals surface area contributed by atoms with Crippen molar-refractivity contribution in [2.24, 2.45) is 0 Å². The SMILES string of the molecule is C/C=C/CCc1ccc(C(F)(F)Oc2cc(F)c(C#Cc3cc(F)c(C4=CC(F)C(F)C(F)=C4)c(F)c3)c(F)c2)c(F)c1. The Hall–Kier alpha value is -4.46. The summed E-state index contributed by atoms with van der Waals surface area (Å²) in [5.41, 5.74) is -3.60. The van der Waals surface area contributed by atoms with Crippen LogP contribution in [0, 0.1) is 40.9 Å². The van der Waals surface area contributed by atoms with Gasteiger partial charge in [0.1, 0.15) is 40.7 Å². The summed E-state index contributed by atoms with van der Waals surface area (Å²) in [7, 11) is 0.